The molecule has 0 aliphatic heterocycles. The summed E-state index contributed by atoms with van der Waals surface area (Å²) in [4.78, 5) is 8.67. The van der Waals surface area contributed by atoms with Crippen LogP contribution in [0.25, 0.3) is 0 Å². The third kappa shape index (κ3) is 3.17. The van der Waals surface area contributed by atoms with E-state index in [4.69, 9.17) is 16.3 Å². The molecule has 0 aliphatic carbocycles. The molecular weight excluding hydrogens is 256 g/mol. The van der Waals surface area contributed by atoms with E-state index in [0.717, 1.165) is 27.8 Å². The van der Waals surface area contributed by atoms with Crippen LogP contribution in [-0.4, -0.2) is 9.97 Å². The molecule has 0 atom stereocenters. The molecule has 0 amide bonds. The standard InChI is InChI=1S/C12H13ClN2OS/c1-8-3-4-12(11(5-13)14-8)16-6-10-7-17-9(2)15-10/h3-4,7H,5-6H2,1-2H3. The molecule has 17 heavy (non-hydrogen) atoms. The fourth-order valence-corrected chi connectivity index (χ4v) is 2.24. The van der Waals surface area contributed by atoms with Crippen molar-refractivity contribution in [2.45, 2.75) is 26.3 Å². The molecular formula is C12H13ClN2OS. The van der Waals surface area contributed by atoms with Gasteiger partial charge in [-0.2, -0.15) is 0 Å². The Bertz CT molecular complexity index is 513. The van der Waals surface area contributed by atoms with Gasteiger partial charge >= 0.3 is 0 Å². The van der Waals surface area contributed by atoms with Gasteiger partial charge in [-0.3, -0.25) is 4.98 Å². The largest absolute Gasteiger partial charge is 0.485 e. The lowest BCUT2D eigenvalue weighted by Gasteiger charge is -2.08. The zero-order valence-electron chi connectivity index (χ0n) is 9.74. The molecule has 3 nitrogen and oxygen atoms in total. The van der Waals surface area contributed by atoms with E-state index in [1.807, 2.05) is 31.4 Å². The molecule has 0 aliphatic rings. The monoisotopic (exact) mass is 268 g/mol. The smallest absolute Gasteiger partial charge is 0.142 e. The molecule has 90 valence electrons. The highest BCUT2D eigenvalue weighted by molar-refractivity contribution is 7.09. The van der Waals surface area contributed by atoms with Gasteiger partial charge in [0.25, 0.3) is 0 Å². The summed E-state index contributed by atoms with van der Waals surface area (Å²) < 4.78 is 5.68. The van der Waals surface area contributed by atoms with E-state index in [-0.39, 0.29) is 0 Å². The van der Waals surface area contributed by atoms with E-state index < -0.39 is 0 Å². The van der Waals surface area contributed by atoms with Crippen LogP contribution in [0.4, 0.5) is 0 Å². The second-order valence-electron chi connectivity index (χ2n) is 3.68. The summed E-state index contributed by atoms with van der Waals surface area (Å²) in [6.07, 6.45) is 0. The van der Waals surface area contributed by atoms with Gasteiger partial charge in [-0.15, -0.1) is 22.9 Å². The number of aryl methyl sites for hydroxylation is 2. The summed E-state index contributed by atoms with van der Waals surface area (Å²) in [5.74, 6) is 1.09. The molecule has 0 fully saturated rings. The van der Waals surface area contributed by atoms with Crippen LogP contribution in [-0.2, 0) is 12.5 Å². The normalized spacial score (nSPS) is 10.5. The Labute approximate surface area is 109 Å². The van der Waals surface area contributed by atoms with Crippen molar-refractivity contribution in [3.8, 4) is 5.75 Å². The van der Waals surface area contributed by atoms with Gasteiger partial charge in [-0.1, -0.05) is 0 Å². The van der Waals surface area contributed by atoms with E-state index in [9.17, 15) is 0 Å². The molecule has 0 saturated carbocycles. The molecule has 5 heteroatoms. The molecule has 2 aromatic rings. The number of halogens is 1. The van der Waals surface area contributed by atoms with Crippen molar-refractivity contribution in [3.63, 3.8) is 0 Å². The Balaban J connectivity index is 2.08. The van der Waals surface area contributed by atoms with E-state index in [2.05, 4.69) is 9.97 Å². The quantitative estimate of drug-likeness (QED) is 0.797. The average Bonchev–Trinajstić information content (AvgIpc) is 2.73. The highest BCUT2D eigenvalue weighted by Gasteiger charge is 2.06. The summed E-state index contributed by atoms with van der Waals surface area (Å²) in [6, 6.07) is 3.82. The van der Waals surface area contributed by atoms with Crippen molar-refractivity contribution in [3.05, 3.63) is 39.6 Å². The van der Waals surface area contributed by atoms with Gasteiger partial charge in [0, 0.05) is 11.1 Å². The molecule has 2 aromatic heterocycles. The van der Waals surface area contributed by atoms with Crippen molar-refractivity contribution in [1.29, 1.82) is 0 Å². The lowest BCUT2D eigenvalue weighted by Crippen LogP contribution is -2.00. The van der Waals surface area contributed by atoms with Crippen molar-refractivity contribution < 1.29 is 4.74 Å². The first-order chi connectivity index (χ1) is 8.19. The van der Waals surface area contributed by atoms with Gasteiger partial charge in [-0.05, 0) is 26.0 Å². The first-order valence-electron chi connectivity index (χ1n) is 5.25. The Hall–Kier alpha value is -1.13. The lowest BCUT2D eigenvalue weighted by molar-refractivity contribution is 0.298. The second-order valence-corrected chi connectivity index (χ2v) is 5.01. The third-order valence-corrected chi connectivity index (χ3v) is 3.32. The average molecular weight is 269 g/mol. The minimum absolute atomic E-state index is 0.354. The predicted molar refractivity (Wildman–Crippen MR) is 69.7 cm³/mol. The maximum Gasteiger partial charge on any atom is 0.142 e. The number of hydrogen-bond donors (Lipinski definition) is 0. The maximum absolute atomic E-state index is 5.83. The van der Waals surface area contributed by atoms with Crippen LogP contribution in [0, 0.1) is 13.8 Å². The van der Waals surface area contributed by atoms with Crippen LogP contribution < -0.4 is 4.74 Å². The zero-order chi connectivity index (χ0) is 12.3. The number of rotatable bonds is 4. The first-order valence-corrected chi connectivity index (χ1v) is 6.66. The molecule has 0 bridgehead atoms. The Morgan fingerprint density at radius 1 is 1.29 bits per heavy atom. The van der Waals surface area contributed by atoms with E-state index in [1.54, 1.807) is 11.3 Å². The van der Waals surface area contributed by atoms with Crippen molar-refractivity contribution in [2.75, 3.05) is 0 Å². The first kappa shape index (κ1) is 12.3. The Morgan fingerprint density at radius 3 is 2.76 bits per heavy atom. The summed E-state index contributed by atoms with van der Waals surface area (Å²) in [5.41, 5.74) is 2.66. The van der Waals surface area contributed by atoms with Crippen LogP contribution in [0.2, 0.25) is 0 Å². The summed E-state index contributed by atoms with van der Waals surface area (Å²) in [5, 5.41) is 3.04. The fourth-order valence-electron chi connectivity index (χ4n) is 1.45. The Morgan fingerprint density at radius 2 is 2.12 bits per heavy atom. The summed E-state index contributed by atoms with van der Waals surface area (Å²) in [6.45, 7) is 4.37. The summed E-state index contributed by atoms with van der Waals surface area (Å²) in [7, 11) is 0. The number of hydrogen-bond acceptors (Lipinski definition) is 4. The third-order valence-electron chi connectivity index (χ3n) is 2.24. The van der Waals surface area contributed by atoms with Crippen LogP contribution in [0.3, 0.4) is 0 Å². The van der Waals surface area contributed by atoms with Crippen LogP contribution >= 0.6 is 22.9 Å². The highest BCUT2D eigenvalue weighted by Crippen LogP contribution is 2.20. The molecule has 0 N–H and O–H groups in total. The summed E-state index contributed by atoms with van der Waals surface area (Å²) >= 11 is 7.45. The molecule has 2 rings (SSSR count). The van der Waals surface area contributed by atoms with Crippen molar-refractivity contribution in [1.82, 2.24) is 9.97 Å². The second kappa shape index (κ2) is 5.47. The van der Waals surface area contributed by atoms with Gasteiger partial charge in [0.1, 0.15) is 12.4 Å². The molecule has 0 unspecified atom stereocenters. The van der Waals surface area contributed by atoms with E-state index >= 15 is 0 Å². The topological polar surface area (TPSA) is 35.0 Å². The van der Waals surface area contributed by atoms with Gasteiger partial charge < -0.3 is 4.74 Å². The Kier molecular flexibility index (Phi) is 3.97. The maximum atomic E-state index is 5.83. The minimum Gasteiger partial charge on any atom is -0.485 e. The van der Waals surface area contributed by atoms with Gasteiger partial charge in [0.2, 0.25) is 0 Å². The lowest BCUT2D eigenvalue weighted by atomic mass is 10.3. The number of aromatic nitrogens is 2. The van der Waals surface area contributed by atoms with Gasteiger partial charge in [0.05, 0.1) is 22.3 Å². The molecule has 2 heterocycles. The number of alkyl halides is 1. The predicted octanol–water partition coefficient (Wildman–Crippen LogP) is 3.47. The highest BCUT2D eigenvalue weighted by atomic mass is 35.5. The van der Waals surface area contributed by atoms with Crippen molar-refractivity contribution in [2.24, 2.45) is 0 Å². The molecule has 0 radical (unpaired) electrons. The van der Waals surface area contributed by atoms with Gasteiger partial charge in [0.15, 0.2) is 0 Å². The number of thiazole rings is 1. The number of ether oxygens (including phenoxy) is 1. The zero-order valence-corrected chi connectivity index (χ0v) is 11.3. The fraction of sp³-hybridized carbons (Fsp3) is 0.333. The number of nitrogens with zero attached hydrogens (tertiary/aromatic N) is 2. The van der Waals surface area contributed by atoms with Crippen LogP contribution in [0.15, 0.2) is 17.5 Å². The molecule has 0 aromatic carbocycles. The van der Waals surface area contributed by atoms with E-state index in [0.29, 0.717) is 12.5 Å². The molecule has 0 saturated heterocycles. The SMILES string of the molecule is Cc1ccc(OCc2csc(C)n2)c(CCl)n1. The molecule has 0 spiro atoms. The van der Waals surface area contributed by atoms with E-state index in [1.165, 1.54) is 0 Å². The van der Waals surface area contributed by atoms with Crippen molar-refractivity contribution >= 4 is 22.9 Å². The van der Waals surface area contributed by atoms with Gasteiger partial charge in [-0.25, -0.2) is 4.98 Å². The van der Waals surface area contributed by atoms with Crippen LogP contribution in [0.5, 0.6) is 5.75 Å². The van der Waals surface area contributed by atoms with Crippen LogP contribution in [0.1, 0.15) is 22.1 Å². The number of pyridine rings is 1. The minimum atomic E-state index is 0.354.